The molecule has 3 aliphatic heterocycles. The summed E-state index contributed by atoms with van der Waals surface area (Å²) in [6, 6.07) is 28.9. The Balaban J connectivity index is 1.40. The van der Waals surface area contributed by atoms with Crippen LogP contribution in [0.2, 0.25) is 0 Å². The molecule has 3 heterocycles. The third-order valence-electron chi connectivity index (χ3n) is 8.83. The summed E-state index contributed by atoms with van der Waals surface area (Å²) >= 11 is 0. The van der Waals surface area contributed by atoms with E-state index in [4.69, 9.17) is 14.2 Å². The second kappa shape index (κ2) is 10.5. The lowest BCUT2D eigenvalue weighted by Gasteiger charge is -2.39. The number of anilines is 3. The molecule has 0 amide bonds. The molecule has 1 spiro atoms. The summed E-state index contributed by atoms with van der Waals surface area (Å²) in [4.78, 5) is 18.0. The largest absolute Gasteiger partial charge is 0.456 e. The molecule has 7 rings (SSSR count). The Kier molecular flexibility index (Phi) is 6.66. The zero-order chi connectivity index (χ0) is 28.8. The first-order valence-electron chi connectivity index (χ1n) is 15.1. The minimum atomic E-state index is -1.11. The molecule has 0 aliphatic carbocycles. The minimum absolute atomic E-state index is 0.0390. The second-order valence-corrected chi connectivity index (χ2v) is 11.1. The van der Waals surface area contributed by atoms with Crippen molar-refractivity contribution in [1.82, 2.24) is 0 Å². The highest BCUT2D eigenvalue weighted by Gasteiger charge is 2.53. The van der Waals surface area contributed by atoms with E-state index in [1.165, 1.54) is 11.3 Å². The average molecular weight is 561 g/mol. The Morgan fingerprint density at radius 1 is 0.905 bits per heavy atom. The fourth-order valence-corrected chi connectivity index (χ4v) is 6.97. The van der Waals surface area contributed by atoms with Crippen LogP contribution in [0.1, 0.15) is 66.2 Å². The quantitative estimate of drug-likeness (QED) is 0.169. The zero-order valence-electron chi connectivity index (χ0n) is 24.4. The Labute approximate surface area is 247 Å². The van der Waals surface area contributed by atoms with Crippen molar-refractivity contribution in [3.8, 4) is 11.5 Å². The van der Waals surface area contributed by atoms with Crippen LogP contribution in [0.5, 0.6) is 11.5 Å². The molecular formula is C36H36N2O4. The lowest BCUT2D eigenvalue weighted by atomic mass is 9.77. The van der Waals surface area contributed by atoms with Gasteiger partial charge in [-0.2, -0.15) is 0 Å². The van der Waals surface area contributed by atoms with E-state index < -0.39 is 5.60 Å². The summed E-state index contributed by atoms with van der Waals surface area (Å²) in [6.07, 6.45) is 2.97. The van der Waals surface area contributed by atoms with E-state index in [1.54, 1.807) is 0 Å². The van der Waals surface area contributed by atoms with Gasteiger partial charge in [-0.1, -0.05) is 43.3 Å². The zero-order valence-corrected chi connectivity index (χ0v) is 24.4. The predicted molar refractivity (Wildman–Crippen MR) is 165 cm³/mol. The van der Waals surface area contributed by atoms with Gasteiger partial charge in [-0.15, -0.1) is 0 Å². The van der Waals surface area contributed by atoms with Gasteiger partial charge in [0.2, 0.25) is 0 Å². The Morgan fingerprint density at radius 2 is 1.74 bits per heavy atom. The molecule has 0 saturated heterocycles. The van der Waals surface area contributed by atoms with Gasteiger partial charge in [0, 0.05) is 59.5 Å². The molecule has 6 nitrogen and oxygen atoms in total. The second-order valence-electron chi connectivity index (χ2n) is 11.1. The highest BCUT2D eigenvalue weighted by molar-refractivity contribution is 5.97. The number of aryl methyl sites for hydroxylation is 1. The molecule has 0 N–H and O–H groups in total. The summed E-state index contributed by atoms with van der Waals surface area (Å²) in [5.74, 6) is 1.06. The maximum Gasteiger partial charge on any atom is 0.340 e. The molecular weight excluding hydrogens is 524 g/mol. The molecule has 2 atom stereocenters. The van der Waals surface area contributed by atoms with Crippen LogP contribution in [0.25, 0.3) is 0 Å². The van der Waals surface area contributed by atoms with Gasteiger partial charge in [-0.3, -0.25) is 0 Å². The molecule has 0 aromatic heterocycles. The summed E-state index contributed by atoms with van der Waals surface area (Å²) in [7, 11) is 0. The number of rotatable bonds is 7. The van der Waals surface area contributed by atoms with Gasteiger partial charge in [0.15, 0.2) is 5.60 Å². The van der Waals surface area contributed by atoms with E-state index in [0.29, 0.717) is 23.7 Å². The van der Waals surface area contributed by atoms with E-state index in [1.807, 2.05) is 37.3 Å². The van der Waals surface area contributed by atoms with Crippen LogP contribution >= 0.6 is 0 Å². The van der Waals surface area contributed by atoms with Gasteiger partial charge in [0.05, 0.1) is 5.56 Å². The normalized spacial score (nSPS) is 18.8. The van der Waals surface area contributed by atoms with Crippen LogP contribution in [0, 0.1) is 0 Å². The number of benzene rings is 4. The van der Waals surface area contributed by atoms with Gasteiger partial charge in [0.1, 0.15) is 17.7 Å². The first-order valence-corrected chi connectivity index (χ1v) is 15.1. The van der Waals surface area contributed by atoms with Gasteiger partial charge in [-0.25, -0.2) is 4.79 Å². The third kappa shape index (κ3) is 4.00. The molecule has 0 bridgehead atoms. The minimum Gasteiger partial charge on any atom is -0.456 e. The number of hydrogen-bond acceptors (Lipinski definition) is 6. The van der Waals surface area contributed by atoms with Gasteiger partial charge in [-0.05, 0) is 81.1 Å². The average Bonchev–Trinajstić information content (AvgIpc) is 3.33. The highest BCUT2D eigenvalue weighted by Crippen LogP contribution is 2.57. The first-order chi connectivity index (χ1) is 20.6. The first kappa shape index (κ1) is 26.6. The number of carbonyl (C=O) groups excluding carboxylic acids is 1. The lowest BCUT2D eigenvalue weighted by molar-refractivity contribution is 0.0224. The van der Waals surface area contributed by atoms with Crippen LogP contribution in [0.3, 0.4) is 0 Å². The maximum atomic E-state index is 13.4. The highest BCUT2D eigenvalue weighted by atomic mass is 16.6. The van der Waals surface area contributed by atoms with Gasteiger partial charge >= 0.3 is 5.97 Å². The molecule has 4 aromatic rings. The standard InChI is InChI=1S/C36H36N2O4/c1-4-34(40-6-3)37(5-2)26-17-19-29-33(23-26)41-32-20-18-25(38-21-11-13-24-12-7-10-16-31(24)38)22-30(32)36(29)28-15-9-8-14-27(28)35(39)42-36/h7-10,12,14-20,22-23,34H,4-6,11,13,21H2,1-3H3. The fourth-order valence-electron chi connectivity index (χ4n) is 6.97. The number of carbonyl (C=O) groups is 1. The summed E-state index contributed by atoms with van der Waals surface area (Å²) in [5.41, 5.74) is 6.64. The molecule has 2 unspecified atom stereocenters. The SMILES string of the molecule is CCOC(CC)N(CC)c1ccc2c(c1)Oc1ccc(N3CCCc4ccccc43)cc1C21OC(=O)c2ccccc21. The van der Waals surface area contributed by atoms with Gasteiger partial charge < -0.3 is 24.0 Å². The molecule has 3 aliphatic rings. The van der Waals surface area contributed by atoms with Crippen LogP contribution in [-0.4, -0.2) is 31.9 Å². The Hall–Kier alpha value is -4.29. The topological polar surface area (TPSA) is 51.2 Å². The lowest BCUT2D eigenvalue weighted by Crippen LogP contribution is -2.37. The number of nitrogens with zero attached hydrogens (tertiary/aromatic N) is 2. The molecule has 214 valence electrons. The van der Waals surface area contributed by atoms with Crippen molar-refractivity contribution in [2.45, 2.75) is 51.9 Å². The number of para-hydroxylation sites is 1. The summed E-state index contributed by atoms with van der Waals surface area (Å²) < 4.78 is 19.2. The number of hydrogen-bond donors (Lipinski definition) is 0. The predicted octanol–water partition coefficient (Wildman–Crippen LogP) is 7.94. The summed E-state index contributed by atoms with van der Waals surface area (Å²) in [5, 5.41) is 0. The van der Waals surface area contributed by atoms with Crippen molar-refractivity contribution in [3.63, 3.8) is 0 Å². The maximum absolute atomic E-state index is 13.4. The molecule has 0 radical (unpaired) electrons. The van der Waals surface area contributed by atoms with Crippen LogP contribution in [0.4, 0.5) is 17.1 Å². The van der Waals surface area contributed by atoms with Crippen molar-refractivity contribution in [1.29, 1.82) is 0 Å². The molecule has 0 fully saturated rings. The third-order valence-corrected chi connectivity index (χ3v) is 8.83. The Bertz CT molecular complexity index is 1670. The van der Waals surface area contributed by atoms with E-state index in [0.717, 1.165) is 60.4 Å². The fraction of sp³-hybridized carbons (Fsp3) is 0.306. The number of fused-ring (bicyclic) bond motifs is 7. The molecule has 6 heteroatoms. The Morgan fingerprint density at radius 3 is 2.57 bits per heavy atom. The van der Waals surface area contributed by atoms with Crippen molar-refractivity contribution < 1.29 is 19.0 Å². The van der Waals surface area contributed by atoms with Crippen LogP contribution < -0.4 is 14.5 Å². The van der Waals surface area contributed by atoms with Crippen LogP contribution in [-0.2, 0) is 21.5 Å². The van der Waals surface area contributed by atoms with E-state index >= 15 is 0 Å². The monoisotopic (exact) mass is 560 g/mol. The van der Waals surface area contributed by atoms with Crippen molar-refractivity contribution >= 4 is 23.0 Å². The van der Waals surface area contributed by atoms with E-state index in [-0.39, 0.29) is 12.2 Å². The van der Waals surface area contributed by atoms with E-state index in [2.05, 4.69) is 78.2 Å². The van der Waals surface area contributed by atoms with Crippen molar-refractivity contribution in [2.75, 3.05) is 29.5 Å². The summed E-state index contributed by atoms with van der Waals surface area (Å²) in [6.45, 7) is 8.65. The molecule has 42 heavy (non-hydrogen) atoms. The number of ether oxygens (including phenoxy) is 3. The van der Waals surface area contributed by atoms with Gasteiger partial charge in [0.25, 0.3) is 0 Å². The van der Waals surface area contributed by atoms with Crippen molar-refractivity contribution in [2.24, 2.45) is 0 Å². The number of esters is 1. The molecule has 0 saturated carbocycles. The van der Waals surface area contributed by atoms with E-state index in [9.17, 15) is 4.79 Å². The van der Waals surface area contributed by atoms with Crippen LogP contribution in [0.15, 0.2) is 84.9 Å². The van der Waals surface area contributed by atoms with Crippen molar-refractivity contribution in [3.05, 3.63) is 113 Å². The smallest absolute Gasteiger partial charge is 0.340 e. The molecule has 4 aromatic carbocycles.